The van der Waals surface area contributed by atoms with Crippen LogP contribution in [0, 0.1) is 0 Å². The number of benzene rings is 7. The molecule has 0 radical (unpaired) electrons. The van der Waals surface area contributed by atoms with Gasteiger partial charge in [-0.05, 0) is 58.7 Å². The lowest BCUT2D eigenvalue weighted by atomic mass is 9.91. The zero-order valence-electron chi connectivity index (χ0n) is 26.7. The number of rotatable bonds is 5. The molecule has 3 heterocycles. The van der Waals surface area contributed by atoms with Crippen molar-refractivity contribution in [1.29, 1.82) is 0 Å². The van der Waals surface area contributed by atoms with Gasteiger partial charge >= 0.3 is 0 Å². The first-order valence-electron chi connectivity index (χ1n) is 16.6. The van der Waals surface area contributed by atoms with Crippen LogP contribution in [0.3, 0.4) is 0 Å². The van der Waals surface area contributed by atoms with Crippen LogP contribution in [-0.2, 0) is 0 Å². The van der Waals surface area contributed by atoms with Gasteiger partial charge < -0.3 is 4.42 Å². The minimum Gasteiger partial charge on any atom is -0.456 e. The lowest BCUT2D eigenvalue weighted by molar-refractivity contribution is 0.669. The zero-order chi connectivity index (χ0) is 33.0. The van der Waals surface area contributed by atoms with Crippen molar-refractivity contribution in [1.82, 2.24) is 15.0 Å². The van der Waals surface area contributed by atoms with Crippen molar-refractivity contribution in [2.75, 3.05) is 0 Å². The standard InChI is InChI=1S/C45H27N3OS/c1-3-12-28(13-4-1)43-46-44(29-14-5-2-6-15-29)48-45(47-43)31-22-24-36-39(27-31)49-38-20-11-19-35(42(36)38)33-17-8-7-16-32(33)30-23-25-41-37(26-30)34-18-9-10-21-40(34)50-41/h1-27H. The maximum absolute atomic E-state index is 6.58. The molecule has 234 valence electrons. The van der Waals surface area contributed by atoms with Crippen LogP contribution in [0.15, 0.2) is 168 Å². The Bertz CT molecular complexity index is 2820. The normalized spacial score (nSPS) is 11.6. The number of hydrogen-bond acceptors (Lipinski definition) is 5. The minimum atomic E-state index is 0.599. The maximum Gasteiger partial charge on any atom is 0.164 e. The van der Waals surface area contributed by atoms with E-state index in [0.29, 0.717) is 17.5 Å². The molecule has 10 aromatic rings. The lowest BCUT2D eigenvalue weighted by Crippen LogP contribution is -2.00. The van der Waals surface area contributed by atoms with Crippen LogP contribution < -0.4 is 0 Å². The van der Waals surface area contributed by atoms with Gasteiger partial charge in [-0.25, -0.2) is 15.0 Å². The first kappa shape index (κ1) is 28.6. The van der Waals surface area contributed by atoms with Crippen molar-refractivity contribution in [3.05, 3.63) is 164 Å². The van der Waals surface area contributed by atoms with Crippen molar-refractivity contribution in [2.24, 2.45) is 0 Å². The Balaban J connectivity index is 1.12. The van der Waals surface area contributed by atoms with Crippen LogP contribution in [0.4, 0.5) is 0 Å². The van der Waals surface area contributed by atoms with E-state index in [0.717, 1.165) is 44.2 Å². The molecule has 7 aromatic carbocycles. The lowest BCUT2D eigenvalue weighted by Gasteiger charge is -2.12. The van der Waals surface area contributed by atoms with Crippen LogP contribution in [0.1, 0.15) is 0 Å². The van der Waals surface area contributed by atoms with Gasteiger partial charge in [-0.15, -0.1) is 11.3 Å². The second-order valence-electron chi connectivity index (χ2n) is 12.4. The molecule has 0 saturated heterocycles. The summed E-state index contributed by atoms with van der Waals surface area (Å²) in [5.41, 5.74) is 9.06. The molecule has 50 heavy (non-hydrogen) atoms. The van der Waals surface area contributed by atoms with Crippen LogP contribution in [0.5, 0.6) is 0 Å². The summed E-state index contributed by atoms with van der Waals surface area (Å²) >= 11 is 1.84. The summed E-state index contributed by atoms with van der Waals surface area (Å²) in [7, 11) is 0. The van der Waals surface area contributed by atoms with Crippen LogP contribution >= 0.6 is 11.3 Å². The van der Waals surface area contributed by atoms with Gasteiger partial charge in [0.15, 0.2) is 17.5 Å². The van der Waals surface area contributed by atoms with E-state index in [-0.39, 0.29) is 0 Å². The fraction of sp³-hybridized carbons (Fsp3) is 0. The third kappa shape index (κ3) is 4.79. The highest BCUT2D eigenvalue weighted by molar-refractivity contribution is 7.25. The first-order chi connectivity index (χ1) is 24.8. The number of furan rings is 1. The van der Waals surface area contributed by atoms with Gasteiger partial charge in [-0.1, -0.05) is 127 Å². The molecule has 0 N–H and O–H groups in total. The Morgan fingerprint density at radius 3 is 1.72 bits per heavy atom. The molecule has 4 nitrogen and oxygen atoms in total. The molecule has 5 heteroatoms. The maximum atomic E-state index is 6.58. The molecule has 0 aliphatic rings. The summed E-state index contributed by atoms with van der Waals surface area (Å²) in [5, 5.41) is 4.74. The first-order valence-corrected chi connectivity index (χ1v) is 17.4. The number of nitrogens with zero attached hydrogens (tertiary/aromatic N) is 3. The van der Waals surface area contributed by atoms with Gasteiger partial charge in [0, 0.05) is 47.6 Å². The Labute approximate surface area is 292 Å². The Kier molecular flexibility index (Phi) is 6.64. The van der Waals surface area contributed by atoms with E-state index in [1.54, 1.807) is 0 Å². The van der Waals surface area contributed by atoms with Crippen molar-refractivity contribution in [3.63, 3.8) is 0 Å². The predicted molar refractivity (Wildman–Crippen MR) is 207 cm³/mol. The number of fused-ring (bicyclic) bond motifs is 6. The summed E-state index contributed by atoms with van der Waals surface area (Å²) in [6, 6.07) is 56.9. The number of aromatic nitrogens is 3. The van der Waals surface area contributed by atoms with Crippen LogP contribution in [0.25, 0.3) is 98.5 Å². The van der Waals surface area contributed by atoms with Crippen molar-refractivity contribution < 1.29 is 4.42 Å². The topological polar surface area (TPSA) is 51.8 Å². The van der Waals surface area contributed by atoms with Gasteiger partial charge in [0.25, 0.3) is 0 Å². The van der Waals surface area contributed by atoms with Gasteiger partial charge in [-0.3, -0.25) is 0 Å². The Morgan fingerprint density at radius 1 is 0.360 bits per heavy atom. The smallest absolute Gasteiger partial charge is 0.164 e. The molecule has 10 rings (SSSR count). The van der Waals surface area contributed by atoms with E-state index in [2.05, 4.69) is 103 Å². The summed E-state index contributed by atoms with van der Waals surface area (Å²) in [6.07, 6.45) is 0. The molecule has 0 atom stereocenters. The average molecular weight is 658 g/mol. The molecule has 0 spiro atoms. The third-order valence-corrected chi connectivity index (χ3v) is 10.5. The highest BCUT2D eigenvalue weighted by Gasteiger charge is 2.18. The van der Waals surface area contributed by atoms with Gasteiger partial charge in [-0.2, -0.15) is 0 Å². The summed E-state index contributed by atoms with van der Waals surface area (Å²) in [4.78, 5) is 14.7. The van der Waals surface area contributed by atoms with E-state index < -0.39 is 0 Å². The molecule has 3 aromatic heterocycles. The molecule has 0 aliphatic carbocycles. The van der Waals surface area contributed by atoms with E-state index in [1.165, 1.54) is 36.9 Å². The van der Waals surface area contributed by atoms with Gasteiger partial charge in [0.1, 0.15) is 11.2 Å². The highest BCUT2D eigenvalue weighted by atomic mass is 32.1. The average Bonchev–Trinajstić information content (AvgIpc) is 3.76. The van der Waals surface area contributed by atoms with E-state index in [4.69, 9.17) is 19.4 Å². The zero-order valence-corrected chi connectivity index (χ0v) is 27.6. The van der Waals surface area contributed by atoms with Gasteiger partial charge in [0.05, 0.1) is 0 Å². The summed E-state index contributed by atoms with van der Waals surface area (Å²) < 4.78 is 9.19. The second kappa shape index (κ2) is 11.6. The Hall–Kier alpha value is -6.43. The molecular formula is C45H27N3OS. The van der Waals surface area contributed by atoms with Crippen LogP contribution in [-0.4, -0.2) is 15.0 Å². The second-order valence-corrected chi connectivity index (χ2v) is 13.5. The molecule has 0 bridgehead atoms. The SMILES string of the molecule is c1ccc(-c2nc(-c3ccccc3)nc(-c3ccc4c(c3)oc3cccc(-c5ccccc5-c5ccc6sc7ccccc7c6c5)c34)n2)cc1. The fourth-order valence-electron chi connectivity index (χ4n) is 6.99. The molecule has 0 fully saturated rings. The highest BCUT2D eigenvalue weighted by Crippen LogP contribution is 2.43. The minimum absolute atomic E-state index is 0.599. The third-order valence-electron chi connectivity index (χ3n) is 9.36. The largest absolute Gasteiger partial charge is 0.456 e. The van der Waals surface area contributed by atoms with E-state index in [1.807, 2.05) is 72.0 Å². The summed E-state index contributed by atoms with van der Waals surface area (Å²) in [6.45, 7) is 0. The van der Waals surface area contributed by atoms with Crippen molar-refractivity contribution >= 4 is 53.4 Å². The number of hydrogen-bond donors (Lipinski definition) is 0. The molecule has 0 amide bonds. The Morgan fingerprint density at radius 2 is 0.960 bits per heavy atom. The fourth-order valence-corrected chi connectivity index (χ4v) is 8.08. The molecule has 0 aliphatic heterocycles. The number of thiophene rings is 1. The van der Waals surface area contributed by atoms with Crippen molar-refractivity contribution in [3.8, 4) is 56.4 Å². The van der Waals surface area contributed by atoms with E-state index in [9.17, 15) is 0 Å². The van der Waals surface area contributed by atoms with Crippen LogP contribution in [0.2, 0.25) is 0 Å². The predicted octanol–water partition coefficient (Wildman–Crippen LogP) is 12.5. The summed E-state index contributed by atoms with van der Waals surface area (Å²) in [5.74, 6) is 1.86. The van der Waals surface area contributed by atoms with Crippen molar-refractivity contribution in [2.45, 2.75) is 0 Å². The van der Waals surface area contributed by atoms with E-state index >= 15 is 0 Å². The molecular weight excluding hydrogens is 631 g/mol. The van der Waals surface area contributed by atoms with Gasteiger partial charge in [0.2, 0.25) is 0 Å². The monoisotopic (exact) mass is 657 g/mol. The quantitative estimate of drug-likeness (QED) is 0.185. The molecule has 0 saturated carbocycles. The molecule has 0 unspecified atom stereocenters.